The molecule has 2 rings (SSSR count). The minimum atomic E-state index is -5.09. The van der Waals surface area contributed by atoms with Crippen molar-refractivity contribution in [2.45, 2.75) is 6.42 Å². The van der Waals surface area contributed by atoms with Gasteiger partial charge in [-0.15, -0.1) is 0 Å². The number of benzene rings is 1. The molecule has 0 fully saturated rings. The van der Waals surface area contributed by atoms with Crippen LogP contribution in [0.1, 0.15) is 5.56 Å². The fourth-order valence-electron chi connectivity index (χ4n) is 1.81. The number of allylic oxidation sites excluding steroid dienone is 2. The summed E-state index contributed by atoms with van der Waals surface area (Å²) in [5.74, 6) is -1.59. The van der Waals surface area contributed by atoms with E-state index >= 15 is 0 Å². The fraction of sp³-hybridized carbons (Fsp3) is 0.167. The Bertz CT molecular complexity index is 644. The van der Waals surface area contributed by atoms with Gasteiger partial charge in [-0.1, -0.05) is 16.0 Å². The summed E-state index contributed by atoms with van der Waals surface area (Å²) in [5.41, 5.74) is 0.511. The van der Waals surface area contributed by atoms with Gasteiger partial charge in [0.15, 0.2) is 11.6 Å². The largest absolute Gasteiger partial charge is 0.488 e. The summed E-state index contributed by atoms with van der Waals surface area (Å²) in [6.45, 7) is 0. The summed E-state index contributed by atoms with van der Waals surface area (Å²) in [5, 5.41) is 0. The molecule has 19 heavy (non-hydrogen) atoms. The lowest BCUT2D eigenvalue weighted by Gasteiger charge is -2.08. The highest BCUT2D eigenvalue weighted by atomic mass is 32.3. The highest BCUT2D eigenvalue weighted by molar-refractivity contribution is 7.81. The second-order valence-electron chi connectivity index (χ2n) is 4.02. The van der Waals surface area contributed by atoms with Gasteiger partial charge in [0.1, 0.15) is 5.75 Å². The third-order valence-electron chi connectivity index (χ3n) is 2.63. The standard InChI is InChI=1S/C12H9FO5S/c13-19(16,17)18-9-3-1-2-8(6-9)7-10-11(14)4-5-12(10)15/h1-6,10H,7H2. The van der Waals surface area contributed by atoms with Gasteiger partial charge in [-0.25, -0.2) is 0 Å². The van der Waals surface area contributed by atoms with Gasteiger partial charge >= 0.3 is 10.5 Å². The van der Waals surface area contributed by atoms with Crippen LogP contribution in [-0.4, -0.2) is 20.0 Å². The number of rotatable bonds is 4. The van der Waals surface area contributed by atoms with E-state index in [1.165, 1.54) is 30.4 Å². The predicted octanol–water partition coefficient (Wildman–Crippen LogP) is 1.15. The van der Waals surface area contributed by atoms with Gasteiger partial charge in [0.25, 0.3) is 0 Å². The van der Waals surface area contributed by atoms with Gasteiger partial charge in [0.05, 0.1) is 5.92 Å². The van der Waals surface area contributed by atoms with E-state index in [-0.39, 0.29) is 23.7 Å². The molecular weight excluding hydrogens is 275 g/mol. The molecule has 0 radical (unpaired) electrons. The first kappa shape index (κ1) is 13.4. The number of halogens is 1. The fourth-order valence-corrected chi connectivity index (χ4v) is 2.15. The van der Waals surface area contributed by atoms with Crippen LogP contribution in [0, 0.1) is 5.92 Å². The van der Waals surface area contributed by atoms with E-state index < -0.39 is 16.4 Å². The summed E-state index contributed by atoms with van der Waals surface area (Å²) in [4.78, 5) is 22.8. The van der Waals surface area contributed by atoms with Crippen molar-refractivity contribution < 1.29 is 26.1 Å². The Kier molecular flexibility index (Phi) is 3.48. The van der Waals surface area contributed by atoms with E-state index in [0.717, 1.165) is 0 Å². The van der Waals surface area contributed by atoms with Gasteiger partial charge in [-0.3, -0.25) is 9.59 Å². The van der Waals surface area contributed by atoms with Crippen molar-refractivity contribution in [1.82, 2.24) is 0 Å². The third-order valence-corrected chi connectivity index (χ3v) is 3.02. The number of carbonyl (C=O) groups excluding carboxylic acids is 2. The highest BCUT2D eigenvalue weighted by Crippen LogP contribution is 2.21. The lowest BCUT2D eigenvalue weighted by atomic mass is 9.95. The molecule has 0 N–H and O–H groups in total. The van der Waals surface area contributed by atoms with Crippen LogP contribution in [-0.2, 0) is 26.5 Å². The zero-order chi connectivity index (χ0) is 14.0. The summed E-state index contributed by atoms with van der Waals surface area (Å²) >= 11 is 0. The molecule has 1 aromatic carbocycles. The van der Waals surface area contributed by atoms with Crippen molar-refractivity contribution in [3.63, 3.8) is 0 Å². The monoisotopic (exact) mass is 284 g/mol. The lowest BCUT2D eigenvalue weighted by molar-refractivity contribution is -0.125. The molecule has 100 valence electrons. The topological polar surface area (TPSA) is 77.5 Å². The van der Waals surface area contributed by atoms with Crippen LogP contribution in [0.4, 0.5) is 3.89 Å². The molecular formula is C12H9FO5S. The molecule has 5 nitrogen and oxygen atoms in total. The van der Waals surface area contributed by atoms with E-state index in [0.29, 0.717) is 5.56 Å². The molecule has 0 saturated carbocycles. The molecule has 0 aromatic heterocycles. The Labute approximate surface area is 109 Å². The molecule has 0 spiro atoms. The first-order chi connectivity index (χ1) is 8.85. The number of hydrogen-bond donors (Lipinski definition) is 0. The predicted molar refractivity (Wildman–Crippen MR) is 63.4 cm³/mol. The minimum Gasteiger partial charge on any atom is -0.358 e. The third kappa shape index (κ3) is 3.47. The quantitative estimate of drug-likeness (QED) is 0.612. The Morgan fingerprint density at radius 3 is 2.37 bits per heavy atom. The molecule has 0 saturated heterocycles. The van der Waals surface area contributed by atoms with Crippen LogP contribution in [0.5, 0.6) is 5.75 Å². The van der Waals surface area contributed by atoms with Gasteiger partial charge in [0, 0.05) is 0 Å². The van der Waals surface area contributed by atoms with Gasteiger partial charge in [0.2, 0.25) is 0 Å². The van der Waals surface area contributed by atoms with Crippen molar-refractivity contribution in [3.8, 4) is 5.75 Å². The molecule has 7 heteroatoms. The van der Waals surface area contributed by atoms with Crippen LogP contribution in [0.3, 0.4) is 0 Å². The van der Waals surface area contributed by atoms with E-state index in [4.69, 9.17) is 0 Å². The molecule has 0 unspecified atom stereocenters. The zero-order valence-electron chi connectivity index (χ0n) is 9.58. The molecule has 0 bridgehead atoms. The van der Waals surface area contributed by atoms with Crippen LogP contribution in [0.15, 0.2) is 36.4 Å². The Morgan fingerprint density at radius 2 is 1.79 bits per heavy atom. The molecule has 1 aliphatic rings. The number of hydrogen-bond acceptors (Lipinski definition) is 5. The maximum atomic E-state index is 12.4. The molecule has 1 aliphatic carbocycles. The second-order valence-corrected chi connectivity index (χ2v) is 4.97. The van der Waals surface area contributed by atoms with Crippen LogP contribution in [0.25, 0.3) is 0 Å². The smallest absolute Gasteiger partial charge is 0.358 e. The second kappa shape index (κ2) is 4.93. The summed E-state index contributed by atoms with van der Waals surface area (Å²) in [6.07, 6.45) is 2.53. The van der Waals surface area contributed by atoms with Gasteiger partial charge in [-0.05, 0) is 36.3 Å². The van der Waals surface area contributed by atoms with Crippen molar-refractivity contribution in [2.75, 3.05) is 0 Å². The van der Waals surface area contributed by atoms with Crippen molar-refractivity contribution >= 4 is 22.1 Å². The summed E-state index contributed by atoms with van der Waals surface area (Å²) in [7, 11) is -5.09. The van der Waals surface area contributed by atoms with Crippen LogP contribution < -0.4 is 4.18 Å². The van der Waals surface area contributed by atoms with Gasteiger partial charge in [-0.2, -0.15) is 8.42 Å². The highest BCUT2D eigenvalue weighted by Gasteiger charge is 2.28. The van der Waals surface area contributed by atoms with Crippen LogP contribution >= 0.6 is 0 Å². The Morgan fingerprint density at radius 1 is 1.16 bits per heavy atom. The first-order valence-electron chi connectivity index (χ1n) is 5.34. The maximum Gasteiger partial charge on any atom is 0.488 e. The molecule has 1 aromatic rings. The average Bonchev–Trinajstić information content (AvgIpc) is 2.59. The van der Waals surface area contributed by atoms with E-state index in [1.54, 1.807) is 6.07 Å². The Balaban J connectivity index is 2.16. The van der Waals surface area contributed by atoms with E-state index in [9.17, 15) is 21.9 Å². The normalized spacial score (nSPS) is 16.1. The van der Waals surface area contributed by atoms with Gasteiger partial charge < -0.3 is 4.18 Å². The van der Waals surface area contributed by atoms with E-state index in [2.05, 4.69) is 4.18 Å². The SMILES string of the molecule is O=C1C=CC(=O)C1Cc1cccc(OS(=O)(=O)F)c1. The maximum absolute atomic E-state index is 12.4. The van der Waals surface area contributed by atoms with Crippen molar-refractivity contribution in [2.24, 2.45) is 5.92 Å². The van der Waals surface area contributed by atoms with Crippen LogP contribution in [0.2, 0.25) is 0 Å². The number of ketones is 2. The molecule has 0 atom stereocenters. The van der Waals surface area contributed by atoms with Crippen molar-refractivity contribution in [3.05, 3.63) is 42.0 Å². The minimum absolute atomic E-state index is 0.119. The molecule has 0 aliphatic heterocycles. The molecule has 0 amide bonds. The number of carbonyl (C=O) groups is 2. The summed E-state index contributed by atoms with van der Waals surface area (Å²) < 4.78 is 37.2. The Hall–Kier alpha value is -2.02. The molecule has 0 heterocycles. The lowest BCUT2D eigenvalue weighted by Crippen LogP contribution is -2.18. The summed E-state index contributed by atoms with van der Waals surface area (Å²) in [6, 6.07) is 5.58. The average molecular weight is 284 g/mol. The van der Waals surface area contributed by atoms with E-state index in [1.807, 2.05) is 0 Å². The zero-order valence-corrected chi connectivity index (χ0v) is 10.4. The first-order valence-corrected chi connectivity index (χ1v) is 6.65. The van der Waals surface area contributed by atoms with Crippen molar-refractivity contribution in [1.29, 1.82) is 0 Å².